The molecule has 26 heavy (non-hydrogen) atoms. The molecule has 0 saturated carbocycles. The van der Waals surface area contributed by atoms with Crippen LogP contribution in [0, 0.1) is 13.5 Å². The predicted molar refractivity (Wildman–Crippen MR) is 117 cm³/mol. The van der Waals surface area contributed by atoms with Crippen molar-refractivity contribution in [3.05, 3.63) is 76.0 Å². The molecule has 2 nitrogen and oxygen atoms in total. The smallest absolute Gasteiger partial charge is 0.195 e. The van der Waals surface area contributed by atoms with E-state index in [0.29, 0.717) is 5.70 Å². The third-order valence-electron chi connectivity index (χ3n) is 4.28. The van der Waals surface area contributed by atoms with E-state index in [1.165, 1.54) is 20.3 Å². The second-order valence-electron chi connectivity index (χ2n) is 6.02. The first-order valence-electron chi connectivity index (χ1n) is 8.75. The molecule has 0 bridgehead atoms. The van der Waals surface area contributed by atoms with Crippen molar-refractivity contribution in [3.63, 3.8) is 0 Å². The Morgan fingerprint density at radius 1 is 0.962 bits per heavy atom. The first-order valence-corrected chi connectivity index (χ1v) is 10.4. The fourth-order valence-electron chi connectivity index (χ4n) is 2.77. The van der Waals surface area contributed by atoms with Crippen LogP contribution in [-0.4, -0.2) is 13.1 Å². The zero-order chi connectivity index (χ0) is 18.5. The van der Waals surface area contributed by atoms with Crippen molar-refractivity contribution in [3.8, 4) is 9.75 Å². The summed E-state index contributed by atoms with van der Waals surface area (Å²) >= 11 is 3.57. The van der Waals surface area contributed by atoms with E-state index in [-0.39, 0.29) is 0 Å². The fraction of sp³-hybridized carbons (Fsp3) is 0.227. The molecule has 0 aliphatic rings. The van der Waals surface area contributed by atoms with Gasteiger partial charge in [0.2, 0.25) is 0 Å². The molecule has 3 rings (SSSR count). The summed E-state index contributed by atoms with van der Waals surface area (Å²) in [6.45, 7) is 16.0. The van der Waals surface area contributed by atoms with Crippen molar-refractivity contribution in [2.75, 3.05) is 18.0 Å². The van der Waals surface area contributed by atoms with Gasteiger partial charge in [-0.3, -0.25) is 0 Å². The predicted octanol–water partition coefficient (Wildman–Crippen LogP) is 7.05. The summed E-state index contributed by atoms with van der Waals surface area (Å²) in [6, 6.07) is 16.8. The Morgan fingerprint density at radius 3 is 2.27 bits per heavy atom. The molecule has 0 N–H and O–H groups in total. The molecule has 0 amide bonds. The zero-order valence-corrected chi connectivity index (χ0v) is 17.0. The molecule has 0 atom stereocenters. The van der Waals surface area contributed by atoms with Crippen molar-refractivity contribution in [2.45, 2.75) is 20.8 Å². The van der Waals surface area contributed by atoms with Gasteiger partial charge in [0.15, 0.2) is 5.70 Å². The molecule has 0 spiro atoms. The fourth-order valence-corrected chi connectivity index (χ4v) is 4.94. The molecule has 2 aromatic heterocycles. The average molecular weight is 379 g/mol. The number of rotatable bonds is 6. The third kappa shape index (κ3) is 4.07. The van der Waals surface area contributed by atoms with E-state index >= 15 is 0 Å². The van der Waals surface area contributed by atoms with Crippen LogP contribution in [0.15, 0.2) is 48.5 Å². The molecule has 2 heterocycles. The van der Waals surface area contributed by atoms with Crippen molar-refractivity contribution in [2.24, 2.45) is 0 Å². The molecule has 0 saturated heterocycles. The van der Waals surface area contributed by atoms with Crippen molar-refractivity contribution in [1.29, 1.82) is 0 Å². The minimum atomic E-state index is 0.688. The van der Waals surface area contributed by atoms with Crippen LogP contribution in [0.5, 0.6) is 0 Å². The van der Waals surface area contributed by atoms with Crippen molar-refractivity contribution >= 4 is 39.4 Å². The van der Waals surface area contributed by atoms with Gasteiger partial charge >= 0.3 is 0 Å². The van der Waals surface area contributed by atoms with E-state index in [0.717, 1.165) is 23.5 Å². The van der Waals surface area contributed by atoms with Gasteiger partial charge in [-0.25, -0.2) is 4.85 Å². The molecule has 0 unspecified atom stereocenters. The highest BCUT2D eigenvalue weighted by molar-refractivity contribution is 7.24. The summed E-state index contributed by atoms with van der Waals surface area (Å²) < 4.78 is 0. The van der Waals surface area contributed by atoms with Crippen LogP contribution >= 0.6 is 22.7 Å². The topological polar surface area (TPSA) is 7.60 Å². The first-order chi connectivity index (χ1) is 12.6. The number of hydrogen-bond donors (Lipinski definition) is 0. The Morgan fingerprint density at radius 2 is 1.62 bits per heavy atom. The first kappa shape index (κ1) is 18.4. The largest absolute Gasteiger partial charge is 0.364 e. The Hall–Kier alpha value is -2.35. The Balaban J connectivity index is 1.85. The van der Waals surface area contributed by atoms with Gasteiger partial charge in [-0.1, -0.05) is 29.8 Å². The summed E-state index contributed by atoms with van der Waals surface area (Å²) in [5.41, 5.74) is 2.87. The minimum absolute atomic E-state index is 0.688. The number of benzene rings is 1. The quantitative estimate of drug-likeness (QED) is 0.417. The van der Waals surface area contributed by atoms with E-state index < -0.39 is 0 Å². The van der Waals surface area contributed by atoms with Crippen LogP contribution in [0.25, 0.3) is 26.4 Å². The SMILES string of the molecule is [C-]#[N+]/C(=C\c1ccc(-c2ccc(N(CC)CC)s2)s1)c1ccc(C)cc1. The molecule has 3 aromatic rings. The maximum atomic E-state index is 7.52. The molecule has 132 valence electrons. The molecule has 4 heteroatoms. The van der Waals surface area contributed by atoms with E-state index in [4.69, 9.17) is 6.57 Å². The lowest BCUT2D eigenvalue weighted by Crippen LogP contribution is -2.20. The van der Waals surface area contributed by atoms with Crippen LogP contribution in [-0.2, 0) is 0 Å². The van der Waals surface area contributed by atoms with Crippen molar-refractivity contribution < 1.29 is 0 Å². The normalized spacial score (nSPS) is 11.4. The van der Waals surface area contributed by atoms with Crippen LogP contribution in [0.2, 0.25) is 0 Å². The number of thiophene rings is 2. The maximum Gasteiger partial charge on any atom is 0.195 e. The number of nitrogens with zero attached hydrogens (tertiary/aromatic N) is 2. The molecule has 0 aliphatic heterocycles. The Bertz CT molecular complexity index is 935. The Kier molecular flexibility index (Phi) is 5.92. The van der Waals surface area contributed by atoms with Crippen LogP contribution in [0.1, 0.15) is 29.9 Å². The van der Waals surface area contributed by atoms with Gasteiger partial charge in [-0.2, -0.15) is 0 Å². The van der Waals surface area contributed by atoms with Crippen LogP contribution in [0.4, 0.5) is 5.00 Å². The van der Waals surface area contributed by atoms with Crippen LogP contribution in [0.3, 0.4) is 0 Å². The lowest BCUT2D eigenvalue weighted by atomic mass is 10.1. The summed E-state index contributed by atoms with van der Waals surface area (Å²) in [5.74, 6) is 0. The summed E-state index contributed by atoms with van der Waals surface area (Å²) in [6.07, 6.45) is 1.99. The van der Waals surface area contributed by atoms with Gasteiger partial charge in [0.05, 0.1) is 11.6 Å². The second kappa shape index (κ2) is 8.35. The summed E-state index contributed by atoms with van der Waals surface area (Å²) in [4.78, 5) is 9.76. The average Bonchev–Trinajstić information content (AvgIpc) is 3.31. The molecule has 1 aromatic carbocycles. The highest BCUT2D eigenvalue weighted by atomic mass is 32.1. The number of aryl methyl sites for hydroxylation is 1. The van der Waals surface area contributed by atoms with Crippen LogP contribution < -0.4 is 4.90 Å². The van der Waals surface area contributed by atoms with Gasteiger partial charge in [0.25, 0.3) is 0 Å². The van der Waals surface area contributed by atoms with E-state index in [1.807, 2.05) is 29.5 Å². The van der Waals surface area contributed by atoms with E-state index in [9.17, 15) is 0 Å². The highest BCUT2D eigenvalue weighted by Gasteiger charge is 2.10. The van der Waals surface area contributed by atoms with Gasteiger partial charge < -0.3 is 4.90 Å². The standard InChI is InChI=1S/C22H22N2S2/c1-5-24(6-2)22-14-13-21(26-22)20-12-11-18(25-20)15-19(23-4)17-9-7-16(3)8-10-17/h7-15H,5-6H2,1-3H3/b19-15-. The summed E-state index contributed by atoms with van der Waals surface area (Å²) in [7, 11) is 0. The molecule has 0 aliphatic carbocycles. The molecule has 0 fully saturated rings. The molecular formula is C22H22N2S2. The zero-order valence-electron chi connectivity index (χ0n) is 15.3. The van der Waals surface area contributed by atoms with E-state index in [2.05, 4.69) is 66.9 Å². The maximum absolute atomic E-state index is 7.52. The second-order valence-corrected chi connectivity index (χ2v) is 8.20. The number of anilines is 1. The van der Waals surface area contributed by atoms with Gasteiger partial charge in [0.1, 0.15) is 0 Å². The summed E-state index contributed by atoms with van der Waals surface area (Å²) in [5, 5.41) is 1.32. The molecule has 0 radical (unpaired) electrons. The lowest BCUT2D eigenvalue weighted by Gasteiger charge is -2.17. The number of hydrogen-bond acceptors (Lipinski definition) is 3. The van der Waals surface area contributed by atoms with Crippen molar-refractivity contribution in [1.82, 2.24) is 0 Å². The molecular weight excluding hydrogens is 356 g/mol. The Labute approximate surface area is 163 Å². The van der Waals surface area contributed by atoms with Gasteiger partial charge in [-0.15, -0.1) is 22.7 Å². The monoisotopic (exact) mass is 378 g/mol. The van der Waals surface area contributed by atoms with E-state index in [1.54, 1.807) is 11.3 Å². The van der Waals surface area contributed by atoms with Gasteiger partial charge in [-0.05, 0) is 56.7 Å². The highest BCUT2D eigenvalue weighted by Crippen LogP contribution is 2.38. The third-order valence-corrected chi connectivity index (χ3v) is 6.66. The van der Waals surface area contributed by atoms with Gasteiger partial charge in [0, 0.05) is 27.7 Å². The minimum Gasteiger partial charge on any atom is -0.364 e. The lowest BCUT2D eigenvalue weighted by molar-refractivity contribution is 0.876.